The molecule has 0 aliphatic rings. The molecule has 0 aliphatic heterocycles. The lowest BCUT2D eigenvalue weighted by atomic mass is 10.1. The largest absolute Gasteiger partial charge is 0.289 e. The number of hydrogen-bond donors (Lipinski definition) is 0. The van der Waals surface area contributed by atoms with E-state index in [9.17, 15) is 0 Å². The van der Waals surface area contributed by atoms with Crippen molar-refractivity contribution in [3.8, 4) is 0 Å². The van der Waals surface area contributed by atoms with Crippen molar-refractivity contribution < 1.29 is 0 Å². The van der Waals surface area contributed by atoms with E-state index in [1.165, 1.54) is 5.56 Å². The second-order valence-electron chi connectivity index (χ2n) is 3.62. The highest BCUT2D eigenvalue weighted by atomic mass is 127. The third-order valence-electron chi connectivity index (χ3n) is 2.56. The minimum Gasteiger partial charge on any atom is -0.289 e. The monoisotopic (exact) mass is 329 g/mol. The minimum absolute atomic E-state index is 0. The Kier molecular flexibility index (Phi) is 8.21. The van der Waals surface area contributed by atoms with Crippen LogP contribution in [0.3, 0.4) is 0 Å². The summed E-state index contributed by atoms with van der Waals surface area (Å²) in [6.07, 6.45) is 3.87. The van der Waals surface area contributed by atoms with Crippen LogP contribution >= 0.6 is 24.0 Å². The molecule has 0 aliphatic carbocycles. The number of rotatable bonds is 6. The lowest BCUT2D eigenvalue weighted by Crippen LogP contribution is -2.27. The normalized spacial score (nSPS) is 11.6. The van der Waals surface area contributed by atoms with Crippen LogP contribution in [0.15, 0.2) is 55.6 Å². The van der Waals surface area contributed by atoms with Gasteiger partial charge in [0.2, 0.25) is 0 Å². The van der Waals surface area contributed by atoms with E-state index in [0.29, 0.717) is 6.04 Å². The lowest BCUT2D eigenvalue weighted by Gasteiger charge is -2.27. The van der Waals surface area contributed by atoms with Crippen LogP contribution in [-0.2, 0) is 0 Å². The Balaban J connectivity index is 0.00000225. The molecule has 0 N–H and O–H groups in total. The summed E-state index contributed by atoms with van der Waals surface area (Å²) in [4.78, 5) is 2.33. The first-order chi connectivity index (χ1) is 7.29. The van der Waals surface area contributed by atoms with Crippen molar-refractivity contribution in [1.82, 2.24) is 4.90 Å². The summed E-state index contributed by atoms with van der Waals surface area (Å²) >= 11 is 0. The van der Waals surface area contributed by atoms with Crippen molar-refractivity contribution in [2.75, 3.05) is 13.1 Å². The molecule has 0 aromatic heterocycles. The number of nitrogens with zero attached hydrogens (tertiary/aromatic N) is 1. The molecular formula is C14H20IN. The van der Waals surface area contributed by atoms with Gasteiger partial charge in [-0.2, -0.15) is 0 Å². The highest BCUT2D eigenvalue weighted by molar-refractivity contribution is 14.0. The fourth-order valence-corrected chi connectivity index (χ4v) is 1.66. The van der Waals surface area contributed by atoms with Crippen molar-refractivity contribution in [2.45, 2.75) is 13.0 Å². The van der Waals surface area contributed by atoms with Gasteiger partial charge in [0.15, 0.2) is 0 Å². The van der Waals surface area contributed by atoms with E-state index >= 15 is 0 Å². The first kappa shape index (κ1) is 15.4. The van der Waals surface area contributed by atoms with Crippen molar-refractivity contribution in [3.05, 3.63) is 61.2 Å². The second-order valence-corrected chi connectivity index (χ2v) is 3.62. The summed E-state index contributed by atoms with van der Waals surface area (Å²) < 4.78 is 0. The fraction of sp³-hybridized carbons (Fsp3) is 0.286. The van der Waals surface area contributed by atoms with Crippen LogP contribution in [-0.4, -0.2) is 18.0 Å². The number of hydrogen-bond acceptors (Lipinski definition) is 1. The summed E-state index contributed by atoms with van der Waals surface area (Å²) in [5, 5.41) is 0. The molecule has 1 nitrogen and oxygen atoms in total. The van der Waals surface area contributed by atoms with Crippen molar-refractivity contribution >= 4 is 24.0 Å². The molecule has 0 radical (unpaired) electrons. The topological polar surface area (TPSA) is 3.24 Å². The maximum absolute atomic E-state index is 3.78. The molecule has 1 rings (SSSR count). The zero-order valence-electron chi connectivity index (χ0n) is 9.80. The van der Waals surface area contributed by atoms with Crippen LogP contribution in [0.25, 0.3) is 0 Å². The Hall–Kier alpha value is -0.610. The Morgan fingerprint density at radius 3 is 2.06 bits per heavy atom. The first-order valence-corrected chi connectivity index (χ1v) is 5.30. The Morgan fingerprint density at radius 2 is 1.62 bits per heavy atom. The smallest absolute Gasteiger partial charge is 0.0326 e. The third-order valence-corrected chi connectivity index (χ3v) is 2.56. The molecule has 0 bridgehead atoms. The predicted octanol–water partition coefficient (Wildman–Crippen LogP) is 4.04. The molecule has 1 unspecified atom stereocenters. The van der Waals surface area contributed by atoms with Crippen molar-refractivity contribution in [2.24, 2.45) is 0 Å². The van der Waals surface area contributed by atoms with E-state index in [-0.39, 0.29) is 24.0 Å². The van der Waals surface area contributed by atoms with E-state index in [1.807, 2.05) is 18.2 Å². The van der Waals surface area contributed by atoms with Gasteiger partial charge in [0, 0.05) is 19.1 Å². The van der Waals surface area contributed by atoms with Crippen molar-refractivity contribution in [1.29, 1.82) is 0 Å². The van der Waals surface area contributed by atoms with Gasteiger partial charge in [0.1, 0.15) is 0 Å². The van der Waals surface area contributed by atoms with Gasteiger partial charge in [-0.05, 0) is 12.5 Å². The van der Waals surface area contributed by atoms with Gasteiger partial charge >= 0.3 is 0 Å². The van der Waals surface area contributed by atoms with E-state index in [2.05, 4.69) is 49.2 Å². The van der Waals surface area contributed by atoms with E-state index in [4.69, 9.17) is 0 Å². The van der Waals surface area contributed by atoms with Crippen LogP contribution in [0.1, 0.15) is 18.5 Å². The SMILES string of the molecule is C=CCN(CC=C)C(C)c1ccccc1.I. The molecule has 0 amide bonds. The maximum atomic E-state index is 3.78. The van der Waals surface area contributed by atoms with E-state index in [0.717, 1.165) is 13.1 Å². The molecule has 2 heteroatoms. The first-order valence-electron chi connectivity index (χ1n) is 5.30. The van der Waals surface area contributed by atoms with Gasteiger partial charge in [0.25, 0.3) is 0 Å². The second kappa shape index (κ2) is 8.53. The molecule has 88 valence electrons. The lowest BCUT2D eigenvalue weighted by molar-refractivity contribution is 0.260. The highest BCUT2D eigenvalue weighted by Crippen LogP contribution is 2.19. The predicted molar refractivity (Wildman–Crippen MR) is 82.2 cm³/mol. The average Bonchev–Trinajstić information content (AvgIpc) is 2.29. The van der Waals surface area contributed by atoms with Crippen LogP contribution in [0.2, 0.25) is 0 Å². The summed E-state index contributed by atoms with van der Waals surface area (Å²) in [5.41, 5.74) is 1.33. The summed E-state index contributed by atoms with van der Waals surface area (Å²) in [7, 11) is 0. The highest BCUT2D eigenvalue weighted by Gasteiger charge is 2.12. The van der Waals surface area contributed by atoms with Crippen LogP contribution in [0.5, 0.6) is 0 Å². The quantitative estimate of drug-likeness (QED) is 0.562. The zero-order valence-corrected chi connectivity index (χ0v) is 12.1. The average molecular weight is 329 g/mol. The molecule has 0 saturated carbocycles. The molecular weight excluding hydrogens is 309 g/mol. The molecule has 0 fully saturated rings. The summed E-state index contributed by atoms with van der Waals surface area (Å²) in [6, 6.07) is 10.9. The van der Waals surface area contributed by atoms with Crippen molar-refractivity contribution in [3.63, 3.8) is 0 Å². The maximum Gasteiger partial charge on any atom is 0.0326 e. The molecule has 1 aromatic rings. The van der Waals surface area contributed by atoms with E-state index in [1.54, 1.807) is 0 Å². The number of halogens is 1. The van der Waals surface area contributed by atoms with Gasteiger partial charge in [-0.1, -0.05) is 42.5 Å². The van der Waals surface area contributed by atoms with Crippen LogP contribution in [0, 0.1) is 0 Å². The summed E-state index contributed by atoms with van der Waals surface area (Å²) in [5.74, 6) is 0. The number of benzene rings is 1. The van der Waals surface area contributed by atoms with Gasteiger partial charge in [-0.25, -0.2) is 0 Å². The third kappa shape index (κ3) is 4.49. The van der Waals surface area contributed by atoms with Gasteiger partial charge in [-0.15, -0.1) is 37.1 Å². The van der Waals surface area contributed by atoms with Crippen LogP contribution < -0.4 is 0 Å². The zero-order chi connectivity index (χ0) is 11.1. The molecule has 16 heavy (non-hydrogen) atoms. The van der Waals surface area contributed by atoms with E-state index < -0.39 is 0 Å². The van der Waals surface area contributed by atoms with Gasteiger partial charge in [-0.3, -0.25) is 4.90 Å². The minimum atomic E-state index is 0. The fourth-order valence-electron chi connectivity index (χ4n) is 1.66. The molecule has 0 spiro atoms. The molecule has 0 heterocycles. The standard InChI is InChI=1S/C14H19N.HI/c1-4-11-15(12-5-2)13(3)14-9-7-6-8-10-14;/h4-10,13H,1-2,11-12H2,3H3;1H. The molecule has 1 aromatic carbocycles. The molecule has 1 atom stereocenters. The Bertz CT molecular complexity index is 298. The van der Waals surface area contributed by atoms with Gasteiger partial charge in [0.05, 0.1) is 0 Å². The Labute approximate surface area is 116 Å². The van der Waals surface area contributed by atoms with Crippen LogP contribution in [0.4, 0.5) is 0 Å². The summed E-state index contributed by atoms with van der Waals surface area (Å²) in [6.45, 7) is 11.6. The Morgan fingerprint density at radius 1 is 1.12 bits per heavy atom. The molecule has 0 saturated heterocycles. The van der Waals surface area contributed by atoms with Gasteiger partial charge < -0.3 is 0 Å².